The van der Waals surface area contributed by atoms with Gasteiger partial charge < -0.3 is 10.4 Å². The van der Waals surface area contributed by atoms with Crippen LogP contribution in [0.5, 0.6) is 0 Å². The van der Waals surface area contributed by atoms with Crippen molar-refractivity contribution in [3.05, 3.63) is 59.1 Å². The Bertz CT molecular complexity index is 1130. The van der Waals surface area contributed by atoms with Crippen LogP contribution in [0.25, 0.3) is 20.8 Å². The van der Waals surface area contributed by atoms with E-state index in [-0.39, 0.29) is 27.7 Å². The maximum Gasteiger partial charge on any atom is 0.168 e. The van der Waals surface area contributed by atoms with Crippen molar-refractivity contribution in [2.45, 2.75) is 6.61 Å². The van der Waals surface area contributed by atoms with E-state index in [1.54, 1.807) is 0 Å². The van der Waals surface area contributed by atoms with Crippen LogP contribution in [0.4, 0.5) is 20.4 Å². The van der Waals surface area contributed by atoms with E-state index >= 15 is 0 Å². The minimum atomic E-state index is -0.635. The number of nitrogens with zero attached hydrogens (tertiary/aromatic N) is 4. The zero-order chi connectivity index (χ0) is 19.0. The summed E-state index contributed by atoms with van der Waals surface area (Å²) >= 11 is 7.15. The van der Waals surface area contributed by atoms with Gasteiger partial charge in [0.2, 0.25) is 0 Å². The third-order valence-electron chi connectivity index (χ3n) is 3.68. The number of anilines is 2. The van der Waals surface area contributed by atoms with E-state index in [0.29, 0.717) is 22.0 Å². The summed E-state index contributed by atoms with van der Waals surface area (Å²) in [7, 11) is 0. The fourth-order valence-corrected chi connectivity index (χ4v) is 3.84. The van der Waals surface area contributed by atoms with Crippen molar-refractivity contribution in [1.82, 2.24) is 19.9 Å². The lowest BCUT2D eigenvalue weighted by molar-refractivity contribution is 0.276. The van der Waals surface area contributed by atoms with Crippen molar-refractivity contribution >= 4 is 44.8 Å². The quantitative estimate of drug-likeness (QED) is 0.526. The van der Waals surface area contributed by atoms with Crippen LogP contribution in [0.3, 0.4) is 0 Å². The molecule has 4 aromatic rings. The van der Waals surface area contributed by atoms with E-state index in [9.17, 15) is 13.9 Å². The number of aliphatic hydroxyl groups is 1. The summed E-state index contributed by atoms with van der Waals surface area (Å²) in [6.45, 7) is -0.250. The number of rotatable bonds is 4. The Hall–Kier alpha value is -2.75. The fourth-order valence-electron chi connectivity index (χ4n) is 2.46. The summed E-state index contributed by atoms with van der Waals surface area (Å²) < 4.78 is 28.8. The maximum atomic E-state index is 14.2. The van der Waals surface area contributed by atoms with Crippen molar-refractivity contribution in [2.24, 2.45) is 0 Å². The van der Waals surface area contributed by atoms with Gasteiger partial charge in [0.1, 0.15) is 33.2 Å². The molecule has 0 spiro atoms. The molecular weight excluding hydrogens is 396 g/mol. The Labute approximate surface area is 160 Å². The average Bonchev–Trinajstić information content (AvgIpc) is 3.10. The zero-order valence-corrected chi connectivity index (χ0v) is 15.0. The molecule has 0 aliphatic rings. The van der Waals surface area contributed by atoms with Crippen LogP contribution in [0.1, 0.15) is 5.69 Å². The van der Waals surface area contributed by atoms with Crippen LogP contribution in [0.2, 0.25) is 5.02 Å². The molecule has 3 aromatic heterocycles. The highest BCUT2D eigenvalue weighted by atomic mass is 35.5. The lowest BCUT2D eigenvalue weighted by atomic mass is 10.2. The number of aromatic nitrogens is 4. The second-order valence-corrected chi connectivity index (χ2v) is 6.83. The number of fused-ring (bicyclic) bond motifs is 1. The second-order valence-electron chi connectivity index (χ2n) is 5.43. The molecule has 0 saturated heterocycles. The normalized spacial score (nSPS) is 11.1. The summed E-state index contributed by atoms with van der Waals surface area (Å²) in [4.78, 5) is 16.2. The number of benzene rings is 1. The van der Waals surface area contributed by atoms with Gasteiger partial charge in [0.25, 0.3) is 0 Å². The van der Waals surface area contributed by atoms with E-state index in [1.165, 1.54) is 30.6 Å². The first-order chi connectivity index (χ1) is 13.1. The number of hydrogen-bond acceptors (Lipinski definition) is 7. The van der Waals surface area contributed by atoms with Crippen LogP contribution in [-0.2, 0) is 6.61 Å². The summed E-state index contributed by atoms with van der Waals surface area (Å²) in [6.07, 6.45) is 2.30. The van der Waals surface area contributed by atoms with Gasteiger partial charge in [-0.2, -0.15) is 0 Å². The van der Waals surface area contributed by atoms with Crippen LogP contribution in [-0.4, -0.2) is 25.0 Å². The molecule has 2 N–H and O–H groups in total. The summed E-state index contributed by atoms with van der Waals surface area (Å²) in [5, 5.41) is 12.5. The number of pyridine rings is 1. The van der Waals surface area contributed by atoms with Gasteiger partial charge in [-0.25, -0.2) is 28.7 Å². The van der Waals surface area contributed by atoms with Crippen LogP contribution < -0.4 is 5.32 Å². The highest BCUT2D eigenvalue weighted by Crippen LogP contribution is 2.39. The largest absolute Gasteiger partial charge is 0.390 e. The van der Waals surface area contributed by atoms with Crippen LogP contribution in [0, 0.1) is 11.6 Å². The second kappa shape index (κ2) is 7.10. The number of hydrogen-bond donors (Lipinski definition) is 2. The first-order valence-electron chi connectivity index (χ1n) is 7.65. The minimum absolute atomic E-state index is 0.0447. The number of nitrogens with one attached hydrogen (secondary N) is 1. The molecule has 27 heavy (non-hydrogen) atoms. The first kappa shape index (κ1) is 17.7. The lowest BCUT2D eigenvalue weighted by Crippen LogP contribution is -1.99. The zero-order valence-electron chi connectivity index (χ0n) is 13.4. The van der Waals surface area contributed by atoms with E-state index in [2.05, 4.69) is 25.3 Å². The third kappa shape index (κ3) is 3.32. The molecule has 3 heterocycles. The van der Waals surface area contributed by atoms with Gasteiger partial charge in [-0.05, 0) is 12.1 Å². The van der Waals surface area contributed by atoms with Gasteiger partial charge in [-0.3, -0.25) is 0 Å². The monoisotopic (exact) mass is 405 g/mol. The van der Waals surface area contributed by atoms with Gasteiger partial charge in [0.15, 0.2) is 11.6 Å². The fraction of sp³-hybridized carbons (Fsp3) is 0.0588. The predicted molar refractivity (Wildman–Crippen MR) is 99.0 cm³/mol. The third-order valence-corrected chi connectivity index (χ3v) is 5.08. The molecule has 6 nitrogen and oxygen atoms in total. The summed E-state index contributed by atoms with van der Waals surface area (Å²) in [6, 6.07) is 5.82. The van der Waals surface area contributed by atoms with Crippen molar-refractivity contribution in [1.29, 1.82) is 0 Å². The van der Waals surface area contributed by atoms with Gasteiger partial charge in [0, 0.05) is 6.07 Å². The summed E-state index contributed by atoms with van der Waals surface area (Å²) in [5.41, 5.74) is 0.563. The van der Waals surface area contributed by atoms with E-state index in [4.69, 9.17) is 11.6 Å². The molecular formula is C17H10ClF2N5OS. The number of halogens is 3. The highest BCUT2D eigenvalue weighted by Gasteiger charge is 2.19. The lowest BCUT2D eigenvalue weighted by Gasteiger charge is -2.06. The van der Waals surface area contributed by atoms with Gasteiger partial charge in [-0.15, -0.1) is 11.3 Å². The molecule has 0 radical (unpaired) electrons. The highest BCUT2D eigenvalue weighted by molar-refractivity contribution is 7.22. The maximum absolute atomic E-state index is 14.2. The van der Waals surface area contributed by atoms with Crippen molar-refractivity contribution in [3.63, 3.8) is 0 Å². The minimum Gasteiger partial charge on any atom is -0.390 e. The molecule has 4 rings (SSSR count). The first-order valence-corrected chi connectivity index (χ1v) is 8.84. The van der Waals surface area contributed by atoms with E-state index in [0.717, 1.165) is 17.5 Å². The molecule has 10 heteroatoms. The number of thiazole rings is 1. The Morgan fingerprint density at radius 3 is 2.78 bits per heavy atom. The average molecular weight is 406 g/mol. The van der Waals surface area contributed by atoms with E-state index in [1.807, 2.05) is 0 Å². The molecule has 0 bridgehead atoms. The van der Waals surface area contributed by atoms with Crippen LogP contribution >= 0.6 is 22.9 Å². The van der Waals surface area contributed by atoms with Gasteiger partial charge >= 0.3 is 0 Å². The standard InChI is InChI=1S/C17H10ClF2N5OS/c18-9-2-1-3-10(19)13(9)17-25-14-11(20)5-21-16(15(14)27-17)24-12-4-8(6-26)22-7-23-12/h1-5,7,26H,6H2,(H,21,22,23,24). The molecule has 136 valence electrons. The molecule has 0 amide bonds. The molecule has 0 atom stereocenters. The Morgan fingerprint density at radius 1 is 1.15 bits per heavy atom. The predicted octanol–water partition coefficient (Wildman–Crippen LogP) is 4.32. The van der Waals surface area contributed by atoms with E-state index < -0.39 is 11.6 Å². The van der Waals surface area contributed by atoms with Crippen molar-refractivity contribution in [3.8, 4) is 10.6 Å². The van der Waals surface area contributed by atoms with Crippen molar-refractivity contribution < 1.29 is 13.9 Å². The molecule has 0 aliphatic heterocycles. The van der Waals surface area contributed by atoms with Gasteiger partial charge in [-0.1, -0.05) is 17.7 Å². The Balaban J connectivity index is 1.83. The van der Waals surface area contributed by atoms with Crippen molar-refractivity contribution in [2.75, 3.05) is 5.32 Å². The summed E-state index contributed by atoms with van der Waals surface area (Å²) in [5.74, 6) is -0.518. The molecule has 0 aliphatic carbocycles. The molecule has 0 fully saturated rings. The Kier molecular flexibility index (Phi) is 4.65. The molecule has 0 saturated carbocycles. The Morgan fingerprint density at radius 2 is 2.00 bits per heavy atom. The smallest absolute Gasteiger partial charge is 0.168 e. The van der Waals surface area contributed by atoms with Gasteiger partial charge in [0.05, 0.1) is 29.1 Å². The molecule has 1 aromatic carbocycles. The SMILES string of the molecule is OCc1cc(Nc2ncc(F)c3nc(-c4c(F)cccc4Cl)sc23)ncn1. The number of aliphatic hydroxyl groups excluding tert-OH is 1. The topological polar surface area (TPSA) is 83.8 Å². The van der Waals surface area contributed by atoms with Crippen LogP contribution in [0.15, 0.2) is 36.8 Å². The molecule has 0 unspecified atom stereocenters.